The summed E-state index contributed by atoms with van der Waals surface area (Å²) in [4.78, 5) is 38.5. The van der Waals surface area contributed by atoms with Gasteiger partial charge in [-0.3, -0.25) is 9.59 Å². The molecule has 162 valence electrons. The molecule has 3 heterocycles. The topological polar surface area (TPSA) is 147 Å². The predicted molar refractivity (Wildman–Crippen MR) is 108 cm³/mol. The van der Waals surface area contributed by atoms with E-state index in [9.17, 15) is 19.8 Å². The third-order valence-electron chi connectivity index (χ3n) is 6.69. The minimum Gasteiger partial charge on any atom is -0.481 e. The molecule has 2 aromatic rings. The van der Waals surface area contributed by atoms with Gasteiger partial charge < -0.3 is 25.4 Å². The van der Waals surface area contributed by atoms with Crippen molar-refractivity contribution in [1.29, 1.82) is 0 Å². The molecule has 0 aromatic carbocycles. The van der Waals surface area contributed by atoms with E-state index < -0.39 is 17.0 Å². The maximum atomic E-state index is 13.0. The molecule has 0 radical (unpaired) electrons. The average molecular weight is 416 g/mol. The van der Waals surface area contributed by atoms with Gasteiger partial charge in [0.2, 0.25) is 5.91 Å². The van der Waals surface area contributed by atoms with Crippen LogP contribution >= 0.6 is 0 Å². The number of aliphatic hydroxyl groups is 1. The molecule has 2 fully saturated rings. The molecule has 2 atom stereocenters. The Morgan fingerprint density at radius 2 is 1.97 bits per heavy atom. The van der Waals surface area contributed by atoms with Crippen LogP contribution in [-0.2, 0) is 9.59 Å². The van der Waals surface area contributed by atoms with Crippen LogP contribution in [0.3, 0.4) is 0 Å². The van der Waals surface area contributed by atoms with E-state index in [1.807, 2.05) is 0 Å². The zero-order valence-electron chi connectivity index (χ0n) is 17.1. The van der Waals surface area contributed by atoms with Crippen LogP contribution in [0.15, 0.2) is 12.7 Å². The molecule has 30 heavy (non-hydrogen) atoms. The van der Waals surface area contributed by atoms with Crippen LogP contribution in [-0.4, -0.2) is 65.2 Å². The van der Waals surface area contributed by atoms with Gasteiger partial charge in [0.15, 0.2) is 11.5 Å². The van der Waals surface area contributed by atoms with E-state index in [1.165, 1.54) is 6.33 Å². The monoisotopic (exact) mass is 416 g/mol. The van der Waals surface area contributed by atoms with Crippen LogP contribution in [0.5, 0.6) is 0 Å². The van der Waals surface area contributed by atoms with Gasteiger partial charge in [-0.05, 0) is 31.6 Å². The first kappa shape index (κ1) is 20.5. The molecule has 0 unspecified atom stereocenters. The summed E-state index contributed by atoms with van der Waals surface area (Å²) in [5.74, 6) is -0.658. The van der Waals surface area contributed by atoms with Crippen molar-refractivity contribution in [2.75, 3.05) is 18.8 Å². The van der Waals surface area contributed by atoms with Gasteiger partial charge in [0.05, 0.1) is 25.3 Å². The highest BCUT2D eigenvalue weighted by Gasteiger charge is 2.44. The number of aliphatic carboxylic acids is 1. The Labute approximate surface area is 174 Å². The average Bonchev–Trinajstić information content (AvgIpc) is 3.28. The molecular formula is C20H28N6O4. The number of carbonyl (C=O) groups excluding carboxylic acids is 1. The molecular weight excluding hydrogens is 388 g/mol. The van der Waals surface area contributed by atoms with Crippen molar-refractivity contribution in [3.05, 3.63) is 12.7 Å². The van der Waals surface area contributed by atoms with Gasteiger partial charge in [-0.25, -0.2) is 15.0 Å². The number of rotatable bonds is 5. The number of β-amino-alcohol motifs (C(OH)–C–C–N with tert-alkyl or cyclic N) is 1. The Morgan fingerprint density at radius 1 is 1.23 bits per heavy atom. The van der Waals surface area contributed by atoms with Crippen molar-refractivity contribution >= 4 is 28.9 Å². The van der Waals surface area contributed by atoms with Gasteiger partial charge in [-0.1, -0.05) is 12.8 Å². The molecule has 4 rings (SSSR count). The second kappa shape index (κ2) is 7.50. The number of nitrogens with two attached hydrogens (primary N) is 1. The first-order chi connectivity index (χ1) is 14.2. The third-order valence-corrected chi connectivity index (χ3v) is 6.69. The van der Waals surface area contributed by atoms with E-state index in [1.54, 1.807) is 22.7 Å². The lowest BCUT2D eigenvalue weighted by atomic mass is 9.78. The number of carboxylic acids is 1. The van der Waals surface area contributed by atoms with Gasteiger partial charge in [-0.2, -0.15) is 0 Å². The summed E-state index contributed by atoms with van der Waals surface area (Å²) >= 11 is 0. The molecule has 10 heteroatoms. The Morgan fingerprint density at radius 3 is 2.63 bits per heavy atom. The number of amides is 1. The number of hydrogen-bond donors (Lipinski definition) is 3. The molecule has 2 aromatic heterocycles. The van der Waals surface area contributed by atoms with E-state index in [2.05, 4.69) is 15.0 Å². The summed E-state index contributed by atoms with van der Waals surface area (Å²) in [6.07, 6.45) is 7.18. The van der Waals surface area contributed by atoms with Crippen molar-refractivity contribution < 1.29 is 19.8 Å². The fourth-order valence-corrected chi connectivity index (χ4v) is 5.20. The highest BCUT2D eigenvalue weighted by molar-refractivity contribution is 5.81. The van der Waals surface area contributed by atoms with E-state index in [4.69, 9.17) is 5.73 Å². The van der Waals surface area contributed by atoms with Gasteiger partial charge >= 0.3 is 5.97 Å². The smallest absolute Gasteiger partial charge is 0.303 e. The number of aromatic nitrogens is 4. The normalized spacial score (nSPS) is 26.2. The van der Waals surface area contributed by atoms with Crippen molar-refractivity contribution in [1.82, 2.24) is 24.4 Å². The van der Waals surface area contributed by atoms with Crippen LogP contribution in [0.1, 0.15) is 57.9 Å². The number of carboxylic acid groups (broad SMARTS) is 1. The number of imidazole rings is 1. The Kier molecular flexibility index (Phi) is 5.13. The number of nitrogens with zero attached hydrogens (tertiary/aromatic N) is 5. The lowest BCUT2D eigenvalue weighted by molar-refractivity contribution is -0.145. The van der Waals surface area contributed by atoms with Crippen molar-refractivity contribution in [3.8, 4) is 0 Å². The van der Waals surface area contributed by atoms with Crippen molar-refractivity contribution in [3.63, 3.8) is 0 Å². The van der Waals surface area contributed by atoms with Gasteiger partial charge in [0, 0.05) is 13.0 Å². The third kappa shape index (κ3) is 3.71. The molecule has 0 bridgehead atoms. The van der Waals surface area contributed by atoms with Crippen molar-refractivity contribution in [2.45, 2.75) is 63.5 Å². The highest BCUT2D eigenvalue weighted by Crippen LogP contribution is 2.45. The minimum absolute atomic E-state index is 0.0216. The first-order valence-corrected chi connectivity index (χ1v) is 10.4. The zero-order valence-corrected chi connectivity index (χ0v) is 17.1. The van der Waals surface area contributed by atoms with Crippen LogP contribution in [0, 0.1) is 5.41 Å². The second-order valence-electron chi connectivity index (χ2n) is 9.01. The maximum absolute atomic E-state index is 13.0. The lowest BCUT2D eigenvalue weighted by Crippen LogP contribution is -2.54. The molecule has 1 saturated carbocycles. The predicted octanol–water partition coefficient (Wildman–Crippen LogP) is 1.36. The molecule has 0 spiro atoms. The summed E-state index contributed by atoms with van der Waals surface area (Å²) in [6, 6.07) is -0.319. The Balaban J connectivity index is 1.50. The second-order valence-corrected chi connectivity index (χ2v) is 9.01. The number of carbonyl (C=O) groups is 2. The van der Waals surface area contributed by atoms with E-state index in [0.717, 1.165) is 25.7 Å². The largest absolute Gasteiger partial charge is 0.481 e. The molecule has 2 aliphatic rings. The first-order valence-electron chi connectivity index (χ1n) is 10.4. The summed E-state index contributed by atoms with van der Waals surface area (Å²) in [7, 11) is 0. The summed E-state index contributed by atoms with van der Waals surface area (Å²) in [5.41, 5.74) is 5.26. The molecule has 1 saturated heterocycles. The van der Waals surface area contributed by atoms with E-state index in [-0.39, 0.29) is 37.2 Å². The van der Waals surface area contributed by atoms with E-state index >= 15 is 0 Å². The van der Waals surface area contributed by atoms with E-state index in [0.29, 0.717) is 24.1 Å². The number of hydrogen-bond acceptors (Lipinski definition) is 7. The van der Waals surface area contributed by atoms with Crippen LogP contribution in [0.4, 0.5) is 5.82 Å². The molecule has 1 aliphatic carbocycles. The van der Waals surface area contributed by atoms with Crippen LogP contribution in [0.25, 0.3) is 11.2 Å². The highest BCUT2D eigenvalue weighted by atomic mass is 16.4. The standard InChI is InChI=1S/C20H28N6O4/c1-19(30)10-25(14(27)8-20(9-15(28)29)5-2-3-6-20)7-4-13(19)26-12-24-16-17(21)22-11-23-18(16)26/h11-13,30H,2-10H2,1H3,(H,28,29)(H2,21,22,23)/t13-,19-/m1/s1. The SMILES string of the molecule is C[C@@]1(O)CN(C(=O)CC2(CC(=O)O)CCCC2)CC[C@H]1n1cnc2c(N)ncnc21. The van der Waals surface area contributed by atoms with Crippen LogP contribution < -0.4 is 5.73 Å². The van der Waals surface area contributed by atoms with Gasteiger partial charge in [0.1, 0.15) is 17.4 Å². The molecule has 1 aliphatic heterocycles. The van der Waals surface area contributed by atoms with Crippen molar-refractivity contribution in [2.24, 2.45) is 5.41 Å². The zero-order chi connectivity index (χ0) is 21.5. The summed E-state index contributed by atoms with van der Waals surface area (Å²) in [6.45, 7) is 2.35. The van der Waals surface area contributed by atoms with Crippen LogP contribution in [0.2, 0.25) is 0 Å². The maximum Gasteiger partial charge on any atom is 0.303 e. The molecule has 4 N–H and O–H groups in total. The quantitative estimate of drug-likeness (QED) is 0.662. The number of likely N-dealkylation sites (tertiary alicyclic amines) is 1. The Bertz CT molecular complexity index is 965. The fourth-order valence-electron chi connectivity index (χ4n) is 5.20. The minimum atomic E-state index is -1.20. The summed E-state index contributed by atoms with van der Waals surface area (Å²) < 4.78 is 1.80. The van der Waals surface area contributed by atoms with Gasteiger partial charge in [-0.15, -0.1) is 0 Å². The number of piperidine rings is 1. The Hall–Kier alpha value is -2.75. The molecule has 1 amide bonds. The lowest BCUT2D eigenvalue weighted by Gasteiger charge is -2.44. The molecule has 10 nitrogen and oxygen atoms in total. The summed E-state index contributed by atoms with van der Waals surface area (Å²) in [5, 5.41) is 20.5. The number of fused-ring (bicyclic) bond motifs is 1. The van der Waals surface area contributed by atoms with Gasteiger partial charge in [0.25, 0.3) is 0 Å². The number of anilines is 1. The number of nitrogen functional groups attached to an aromatic ring is 1. The fraction of sp³-hybridized carbons (Fsp3) is 0.650.